The zero-order chi connectivity index (χ0) is 28.5. The fourth-order valence-corrected chi connectivity index (χ4v) is 2.72. The molecule has 2 fully saturated rings. The molecule has 36 heavy (non-hydrogen) atoms. The van der Waals surface area contributed by atoms with Crippen molar-refractivity contribution in [2.24, 2.45) is 11.8 Å². The first-order valence-electron chi connectivity index (χ1n) is 12.1. The molecule has 2 saturated carbocycles. The minimum atomic E-state index is -2.54. The molecule has 0 saturated heterocycles. The largest absolute Gasteiger partial charge is 1.00 e. The summed E-state index contributed by atoms with van der Waals surface area (Å²) in [5.74, 6) is 1.43. The van der Waals surface area contributed by atoms with Gasteiger partial charge in [-0.2, -0.15) is 0 Å². The Hall–Kier alpha value is -0.330. The van der Waals surface area contributed by atoms with E-state index in [9.17, 15) is 31.5 Å². The van der Waals surface area contributed by atoms with E-state index in [0.717, 1.165) is 23.7 Å². The Balaban J connectivity index is -0.000000231. The van der Waals surface area contributed by atoms with Gasteiger partial charge in [0.25, 0.3) is 12.9 Å². The molecule has 0 aromatic rings. The van der Waals surface area contributed by atoms with Crippen LogP contribution in [0, 0.1) is 11.8 Å². The van der Waals surface area contributed by atoms with Gasteiger partial charge in [0.2, 0.25) is 0 Å². The molecule has 212 valence electrons. The molecular formula is C23H43BrF5N2NaO4. The Labute approximate surface area is 246 Å². The van der Waals surface area contributed by atoms with Gasteiger partial charge in [-0.25, -0.2) is 27.2 Å². The van der Waals surface area contributed by atoms with E-state index in [0.29, 0.717) is 12.5 Å². The van der Waals surface area contributed by atoms with Crippen LogP contribution in [-0.4, -0.2) is 73.3 Å². The molecule has 0 unspecified atom stereocenters. The normalized spacial score (nSPS) is 14.9. The minimum absolute atomic E-state index is 0. The monoisotopic (exact) mass is 609 g/mol. The Morgan fingerprint density at radius 3 is 1.72 bits per heavy atom. The number of hydrogen-bond acceptors (Lipinski definition) is 4. The second kappa shape index (κ2) is 20.6. The molecule has 0 radical (unpaired) electrons. The maximum Gasteiger partial charge on any atom is 1.00 e. The Morgan fingerprint density at radius 2 is 1.44 bits per heavy atom. The van der Waals surface area contributed by atoms with E-state index in [4.69, 9.17) is 10.8 Å². The number of carbonyl (C=O) groups is 2. The summed E-state index contributed by atoms with van der Waals surface area (Å²) in [6.45, 7) is 9.34. The van der Waals surface area contributed by atoms with Crippen molar-refractivity contribution >= 4 is 28.1 Å². The topological polar surface area (TPSA) is 67.9 Å². The third kappa shape index (κ3) is 29.9. The van der Waals surface area contributed by atoms with Crippen molar-refractivity contribution in [3.8, 4) is 0 Å². The van der Waals surface area contributed by atoms with Crippen LogP contribution >= 0.6 is 15.9 Å². The van der Waals surface area contributed by atoms with Gasteiger partial charge in [-0.1, -0.05) is 15.9 Å². The van der Waals surface area contributed by atoms with Crippen LogP contribution in [0.25, 0.3) is 0 Å². The molecule has 0 aromatic heterocycles. The van der Waals surface area contributed by atoms with Crippen molar-refractivity contribution in [2.45, 2.75) is 91.3 Å². The van der Waals surface area contributed by atoms with E-state index >= 15 is 0 Å². The van der Waals surface area contributed by atoms with Gasteiger partial charge in [0.15, 0.2) is 0 Å². The van der Waals surface area contributed by atoms with E-state index in [2.05, 4.69) is 15.9 Å². The number of halogens is 6. The molecule has 2 amide bonds. The average molecular weight is 610 g/mol. The molecule has 6 nitrogen and oxygen atoms in total. The molecular weight excluding hydrogens is 566 g/mol. The van der Waals surface area contributed by atoms with Crippen LogP contribution in [0.15, 0.2) is 0 Å². The quantitative estimate of drug-likeness (QED) is 0.267. The summed E-state index contributed by atoms with van der Waals surface area (Å²) in [4.78, 5) is 23.4. The third-order valence-corrected chi connectivity index (χ3v) is 4.82. The first kappa shape index (κ1) is 37.8. The van der Waals surface area contributed by atoms with E-state index in [1.165, 1.54) is 18.2 Å². The molecule has 0 aromatic carbocycles. The molecule has 0 atom stereocenters. The van der Waals surface area contributed by atoms with Crippen molar-refractivity contribution in [2.75, 3.05) is 32.1 Å². The molecule has 0 spiro atoms. The summed E-state index contributed by atoms with van der Waals surface area (Å²) in [6.07, 6.45) is -1.55. The molecule has 2 aliphatic rings. The van der Waals surface area contributed by atoms with Crippen molar-refractivity contribution < 1.29 is 73.4 Å². The standard InChI is InChI=1S/C11H19F2NO2.C7H13F2NO2.C4H7Br.CH3F.Na.H/c1-11(2,3)16-10(15)14(7-9(12)13)6-8-4-5-8;1-7(2,3)12-6(11)10-4-5(8)9;5-3-4-1-2-4;1-2;;/h8-9H,4-7H2,1-3H3;5H,4H2,1-3H3,(H,10,11);4H,1-3H2;1H3;;/q;;;;+1;-1/i;;;1D;;. The minimum Gasteiger partial charge on any atom is -1.00 e. The molecule has 0 bridgehead atoms. The zero-order valence-corrected chi connectivity index (χ0v) is 26.1. The number of carbonyl (C=O) groups excluding carboxylic acids is 2. The first-order chi connectivity index (χ1) is 16.4. The van der Waals surface area contributed by atoms with Crippen LogP contribution in [0.1, 0.15) is 70.0 Å². The number of nitrogens with zero attached hydrogens (tertiary/aromatic N) is 1. The summed E-state index contributed by atoms with van der Waals surface area (Å²) < 4.78 is 73.0. The number of hydrogen-bond donors (Lipinski definition) is 1. The predicted octanol–water partition coefficient (Wildman–Crippen LogP) is 4.17. The summed E-state index contributed by atoms with van der Waals surface area (Å²) in [7, 11) is -1.00. The smallest absolute Gasteiger partial charge is 1.00 e. The number of nitrogens with one attached hydrogen (secondary N) is 1. The van der Waals surface area contributed by atoms with E-state index in [-0.39, 0.29) is 31.0 Å². The van der Waals surface area contributed by atoms with Gasteiger partial charge in [0.1, 0.15) is 11.2 Å². The van der Waals surface area contributed by atoms with Gasteiger partial charge in [-0.15, -0.1) is 0 Å². The van der Waals surface area contributed by atoms with Crippen molar-refractivity contribution in [1.29, 1.82) is 0 Å². The molecule has 13 heteroatoms. The maximum atomic E-state index is 12.3. The predicted molar refractivity (Wildman–Crippen MR) is 131 cm³/mol. The van der Waals surface area contributed by atoms with Crippen LogP contribution in [0.2, 0.25) is 0 Å². The molecule has 0 heterocycles. The van der Waals surface area contributed by atoms with Crippen LogP contribution in [0.4, 0.5) is 31.5 Å². The van der Waals surface area contributed by atoms with Gasteiger partial charge in [0, 0.05) is 11.9 Å². The average Bonchev–Trinajstić information content (AvgIpc) is 3.59. The van der Waals surface area contributed by atoms with Gasteiger partial charge < -0.3 is 21.1 Å². The molecule has 1 N–H and O–H groups in total. The second-order valence-corrected chi connectivity index (χ2v) is 10.7. The molecule has 0 aliphatic heterocycles. The summed E-state index contributed by atoms with van der Waals surface area (Å²) in [6, 6.07) is 0. The van der Waals surface area contributed by atoms with E-state index in [1.54, 1.807) is 41.5 Å². The van der Waals surface area contributed by atoms with Crippen molar-refractivity contribution in [3.05, 3.63) is 0 Å². The number of amides is 2. The van der Waals surface area contributed by atoms with Gasteiger partial charge in [-0.05, 0) is 79.1 Å². The molecule has 2 aliphatic carbocycles. The Bertz CT molecular complexity index is 607. The number of alkyl halides is 6. The van der Waals surface area contributed by atoms with Crippen LogP contribution in [-0.2, 0) is 9.47 Å². The van der Waals surface area contributed by atoms with Gasteiger partial charge in [0.05, 0.1) is 21.6 Å². The zero-order valence-electron chi connectivity index (χ0n) is 24.5. The summed E-state index contributed by atoms with van der Waals surface area (Å²) >= 11 is 3.38. The SMILES string of the molecule is BrCC1CC1.CC(C)(C)OC(=O)N(CC(F)F)CC1CC1.CC(C)(C)OC(=O)NCC(F)F.[2H]CF.[H-].[Na+]. The summed E-state index contributed by atoms with van der Waals surface area (Å²) in [5.41, 5.74) is -1.28. The number of alkyl carbamates (subject to hydrolysis) is 1. The van der Waals surface area contributed by atoms with E-state index in [1.807, 2.05) is 5.32 Å². The Morgan fingerprint density at radius 1 is 1.00 bits per heavy atom. The first-order valence-corrected chi connectivity index (χ1v) is 12.5. The fraction of sp³-hybridized carbons (Fsp3) is 0.913. The summed E-state index contributed by atoms with van der Waals surface area (Å²) in [5, 5.41) is 3.16. The number of ether oxygens (including phenoxy) is 2. The number of rotatable bonds is 7. The van der Waals surface area contributed by atoms with Gasteiger partial charge >= 0.3 is 41.7 Å². The van der Waals surface area contributed by atoms with Crippen LogP contribution in [0.3, 0.4) is 0 Å². The fourth-order valence-electron chi connectivity index (χ4n) is 2.08. The van der Waals surface area contributed by atoms with E-state index < -0.39 is 56.5 Å². The molecule has 2 rings (SSSR count). The van der Waals surface area contributed by atoms with Gasteiger partial charge in [-0.3, -0.25) is 4.39 Å². The van der Waals surface area contributed by atoms with Crippen molar-refractivity contribution in [1.82, 2.24) is 10.2 Å². The second-order valence-electron chi connectivity index (χ2n) is 10.1. The van der Waals surface area contributed by atoms with Crippen LogP contribution < -0.4 is 34.9 Å². The van der Waals surface area contributed by atoms with Crippen LogP contribution in [0.5, 0.6) is 0 Å². The Kier molecular flexibility index (Phi) is 21.7. The third-order valence-electron chi connectivity index (χ3n) is 3.90. The maximum absolute atomic E-state index is 12.3. The van der Waals surface area contributed by atoms with Crippen molar-refractivity contribution in [3.63, 3.8) is 0 Å².